The SMILES string of the molecule is CCn1nc(C)cc1C(=O)N1CCC[C@@]2(C[C@H](CN3CCOCC3)CO2)C1. The van der Waals surface area contributed by atoms with Gasteiger partial charge in [0.2, 0.25) is 0 Å². The van der Waals surface area contributed by atoms with E-state index in [4.69, 9.17) is 9.47 Å². The molecular weight excluding hydrogens is 344 g/mol. The smallest absolute Gasteiger partial charge is 0.272 e. The first kappa shape index (κ1) is 18.9. The number of carbonyl (C=O) groups is 1. The van der Waals surface area contributed by atoms with Crippen LogP contribution >= 0.6 is 0 Å². The summed E-state index contributed by atoms with van der Waals surface area (Å²) in [5.74, 6) is 0.651. The van der Waals surface area contributed by atoms with Crippen LogP contribution in [-0.2, 0) is 16.0 Å². The number of hydrogen-bond donors (Lipinski definition) is 0. The van der Waals surface area contributed by atoms with E-state index in [-0.39, 0.29) is 11.5 Å². The van der Waals surface area contributed by atoms with Gasteiger partial charge >= 0.3 is 0 Å². The summed E-state index contributed by atoms with van der Waals surface area (Å²) < 4.78 is 13.6. The van der Waals surface area contributed by atoms with E-state index in [2.05, 4.69) is 10.00 Å². The van der Waals surface area contributed by atoms with E-state index in [0.29, 0.717) is 24.7 Å². The van der Waals surface area contributed by atoms with E-state index < -0.39 is 0 Å². The summed E-state index contributed by atoms with van der Waals surface area (Å²) in [5.41, 5.74) is 1.45. The van der Waals surface area contributed by atoms with E-state index in [0.717, 1.165) is 71.0 Å². The molecule has 7 nitrogen and oxygen atoms in total. The molecule has 0 bridgehead atoms. The van der Waals surface area contributed by atoms with Crippen LogP contribution in [0.15, 0.2) is 6.07 Å². The van der Waals surface area contributed by atoms with Gasteiger partial charge in [-0.15, -0.1) is 0 Å². The van der Waals surface area contributed by atoms with Crippen molar-refractivity contribution >= 4 is 5.91 Å². The number of rotatable bonds is 4. The molecule has 3 saturated heterocycles. The molecule has 0 aliphatic carbocycles. The van der Waals surface area contributed by atoms with Gasteiger partial charge in [0.15, 0.2) is 0 Å². The van der Waals surface area contributed by atoms with E-state index in [9.17, 15) is 4.79 Å². The normalized spacial score (nSPS) is 29.6. The van der Waals surface area contributed by atoms with E-state index in [1.807, 2.05) is 29.5 Å². The van der Waals surface area contributed by atoms with Gasteiger partial charge in [-0.2, -0.15) is 5.10 Å². The second-order valence-corrected chi connectivity index (χ2v) is 8.29. The van der Waals surface area contributed by atoms with Gasteiger partial charge in [-0.3, -0.25) is 14.4 Å². The molecule has 27 heavy (non-hydrogen) atoms. The van der Waals surface area contributed by atoms with Gasteiger partial charge in [0, 0.05) is 32.7 Å². The minimum atomic E-state index is -0.156. The van der Waals surface area contributed by atoms with Crippen molar-refractivity contribution < 1.29 is 14.3 Å². The van der Waals surface area contributed by atoms with Crippen LogP contribution in [0.1, 0.15) is 42.4 Å². The summed E-state index contributed by atoms with van der Waals surface area (Å²) in [6.45, 7) is 11.8. The van der Waals surface area contributed by atoms with Crippen LogP contribution in [0.3, 0.4) is 0 Å². The van der Waals surface area contributed by atoms with Crippen LogP contribution in [0.4, 0.5) is 0 Å². The number of hydrogen-bond acceptors (Lipinski definition) is 5. The Hall–Kier alpha value is -1.44. The van der Waals surface area contributed by atoms with Gasteiger partial charge in [0.05, 0.1) is 37.7 Å². The average molecular weight is 377 g/mol. The lowest BCUT2D eigenvalue weighted by Gasteiger charge is -2.40. The highest BCUT2D eigenvalue weighted by Crippen LogP contribution is 2.38. The van der Waals surface area contributed by atoms with Crippen molar-refractivity contribution in [3.05, 3.63) is 17.5 Å². The predicted molar refractivity (Wildman–Crippen MR) is 102 cm³/mol. The summed E-state index contributed by atoms with van der Waals surface area (Å²) in [5, 5.41) is 4.43. The third kappa shape index (κ3) is 4.05. The minimum absolute atomic E-state index is 0.0942. The zero-order chi connectivity index (χ0) is 18.9. The fourth-order valence-corrected chi connectivity index (χ4v) is 4.88. The van der Waals surface area contributed by atoms with Crippen molar-refractivity contribution in [2.24, 2.45) is 5.92 Å². The zero-order valence-corrected chi connectivity index (χ0v) is 16.7. The Morgan fingerprint density at radius 2 is 2.15 bits per heavy atom. The number of amides is 1. The molecule has 1 aromatic heterocycles. The number of carbonyl (C=O) groups excluding carboxylic acids is 1. The summed E-state index contributed by atoms with van der Waals surface area (Å²) in [6, 6.07) is 1.91. The van der Waals surface area contributed by atoms with Crippen LogP contribution in [0.2, 0.25) is 0 Å². The molecular formula is C20H32N4O3. The first-order valence-electron chi connectivity index (χ1n) is 10.4. The Bertz CT molecular complexity index is 670. The fourth-order valence-electron chi connectivity index (χ4n) is 4.88. The highest BCUT2D eigenvalue weighted by molar-refractivity contribution is 5.92. The maximum Gasteiger partial charge on any atom is 0.272 e. The van der Waals surface area contributed by atoms with Gasteiger partial charge in [-0.1, -0.05) is 0 Å². The highest BCUT2D eigenvalue weighted by atomic mass is 16.5. The second kappa shape index (κ2) is 7.89. The molecule has 1 amide bonds. The van der Waals surface area contributed by atoms with Crippen molar-refractivity contribution in [3.63, 3.8) is 0 Å². The van der Waals surface area contributed by atoms with Crippen LogP contribution < -0.4 is 0 Å². The summed E-state index contributed by atoms with van der Waals surface area (Å²) >= 11 is 0. The lowest BCUT2D eigenvalue weighted by atomic mass is 9.86. The van der Waals surface area contributed by atoms with Crippen LogP contribution in [0.5, 0.6) is 0 Å². The molecule has 150 valence electrons. The molecule has 4 heterocycles. The van der Waals surface area contributed by atoms with Crippen molar-refractivity contribution in [2.75, 3.05) is 52.5 Å². The number of aromatic nitrogens is 2. The Labute approximate surface area is 161 Å². The Kier molecular flexibility index (Phi) is 5.53. The van der Waals surface area contributed by atoms with Gasteiger partial charge in [-0.25, -0.2) is 0 Å². The van der Waals surface area contributed by atoms with E-state index in [1.165, 1.54) is 0 Å². The van der Waals surface area contributed by atoms with Crippen molar-refractivity contribution in [2.45, 2.75) is 45.3 Å². The highest BCUT2D eigenvalue weighted by Gasteiger charge is 2.45. The molecule has 0 unspecified atom stereocenters. The molecule has 0 N–H and O–H groups in total. The number of aryl methyl sites for hydroxylation is 2. The molecule has 1 spiro atoms. The third-order valence-corrected chi connectivity index (χ3v) is 6.15. The predicted octanol–water partition coefficient (Wildman–Crippen LogP) is 1.55. The number of piperidine rings is 1. The molecule has 0 aromatic carbocycles. The Morgan fingerprint density at radius 1 is 1.33 bits per heavy atom. The molecule has 3 aliphatic rings. The molecule has 2 atom stereocenters. The van der Waals surface area contributed by atoms with Crippen LogP contribution in [0, 0.1) is 12.8 Å². The Morgan fingerprint density at radius 3 is 2.93 bits per heavy atom. The molecule has 1 aromatic rings. The number of likely N-dealkylation sites (tertiary alicyclic amines) is 1. The van der Waals surface area contributed by atoms with Crippen molar-refractivity contribution in [1.29, 1.82) is 0 Å². The lowest BCUT2D eigenvalue weighted by molar-refractivity contribution is -0.0454. The summed E-state index contributed by atoms with van der Waals surface area (Å²) in [4.78, 5) is 17.6. The molecule has 3 fully saturated rings. The first-order valence-corrected chi connectivity index (χ1v) is 10.4. The molecule has 3 aliphatic heterocycles. The van der Waals surface area contributed by atoms with Gasteiger partial charge in [-0.05, 0) is 45.1 Å². The van der Waals surface area contributed by atoms with Crippen LogP contribution in [-0.4, -0.2) is 83.6 Å². The number of ether oxygens (including phenoxy) is 2. The average Bonchev–Trinajstić information content (AvgIpc) is 3.25. The largest absolute Gasteiger partial charge is 0.379 e. The summed E-state index contributed by atoms with van der Waals surface area (Å²) in [6.07, 6.45) is 3.12. The lowest BCUT2D eigenvalue weighted by Crippen LogP contribution is -2.50. The monoisotopic (exact) mass is 376 g/mol. The van der Waals surface area contributed by atoms with Gasteiger partial charge in [0.25, 0.3) is 5.91 Å². The molecule has 7 heteroatoms. The second-order valence-electron chi connectivity index (χ2n) is 8.29. The third-order valence-electron chi connectivity index (χ3n) is 6.15. The zero-order valence-electron chi connectivity index (χ0n) is 16.7. The standard InChI is InChI=1S/C20H32N4O3/c1-3-24-18(11-16(2)21-24)19(25)23-6-4-5-20(15-23)12-17(14-27-20)13-22-7-9-26-10-8-22/h11,17H,3-10,12-15H2,1-2H3/t17-,20-/m1/s1. The minimum Gasteiger partial charge on any atom is -0.379 e. The van der Waals surface area contributed by atoms with Gasteiger partial charge in [0.1, 0.15) is 5.69 Å². The molecule has 0 radical (unpaired) electrons. The van der Waals surface area contributed by atoms with Crippen LogP contribution in [0.25, 0.3) is 0 Å². The maximum absolute atomic E-state index is 13.1. The topological polar surface area (TPSA) is 59.8 Å². The van der Waals surface area contributed by atoms with Gasteiger partial charge < -0.3 is 14.4 Å². The van der Waals surface area contributed by atoms with Crippen molar-refractivity contribution in [1.82, 2.24) is 19.6 Å². The summed E-state index contributed by atoms with van der Waals surface area (Å²) in [7, 11) is 0. The Balaban J connectivity index is 1.39. The van der Waals surface area contributed by atoms with Crippen molar-refractivity contribution in [3.8, 4) is 0 Å². The first-order chi connectivity index (χ1) is 13.1. The number of nitrogens with zero attached hydrogens (tertiary/aromatic N) is 4. The molecule has 4 rings (SSSR count). The van der Waals surface area contributed by atoms with E-state index in [1.54, 1.807) is 0 Å². The fraction of sp³-hybridized carbons (Fsp3) is 0.800. The number of morpholine rings is 1. The van der Waals surface area contributed by atoms with E-state index >= 15 is 0 Å². The molecule has 0 saturated carbocycles. The quantitative estimate of drug-likeness (QED) is 0.798. The maximum atomic E-state index is 13.1.